The van der Waals surface area contributed by atoms with Gasteiger partial charge in [0.15, 0.2) is 0 Å². The minimum Gasteiger partial charge on any atom is -0.467 e. The topological polar surface area (TPSA) is 43.0 Å². The fourth-order valence-corrected chi connectivity index (χ4v) is 2.56. The highest BCUT2D eigenvalue weighted by Gasteiger charge is 2.11. The first-order valence-electron chi connectivity index (χ1n) is 7.45. The number of furan rings is 1. The summed E-state index contributed by atoms with van der Waals surface area (Å²) in [5, 5.41) is 7.98. The summed E-state index contributed by atoms with van der Waals surface area (Å²) in [5.74, 6) is 0.964. The molecule has 0 bridgehead atoms. The second kappa shape index (κ2) is 6.75. The van der Waals surface area contributed by atoms with Crippen LogP contribution in [0, 0.1) is 13.8 Å². The maximum absolute atomic E-state index is 5.64. The Hall–Kier alpha value is -1.55. The van der Waals surface area contributed by atoms with Gasteiger partial charge in [-0.2, -0.15) is 5.10 Å². The van der Waals surface area contributed by atoms with Crippen molar-refractivity contribution in [1.82, 2.24) is 15.1 Å². The van der Waals surface area contributed by atoms with Crippen molar-refractivity contribution < 1.29 is 4.42 Å². The molecular weight excluding hydrogens is 250 g/mol. The molecule has 1 N–H and O–H groups in total. The molecule has 20 heavy (non-hydrogen) atoms. The summed E-state index contributed by atoms with van der Waals surface area (Å²) < 4.78 is 7.67. The van der Waals surface area contributed by atoms with Crippen LogP contribution in [0.1, 0.15) is 48.5 Å². The number of aromatic nitrogens is 2. The standard InChI is InChI=1S/C16H25N3O/c1-5-7-17-9-14-8-15(20-11-14)10-19-13(4)16(6-2)12(3)18-19/h8,11,17H,5-7,9-10H2,1-4H3. The highest BCUT2D eigenvalue weighted by Crippen LogP contribution is 2.16. The van der Waals surface area contributed by atoms with Crippen LogP contribution in [-0.4, -0.2) is 16.3 Å². The predicted molar refractivity (Wildman–Crippen MR) is 80.9 cm³/mol. The molecule has 2 aromatic heterocycles. The Kier molecular flexibility index (Phi) is 5.01. The minimum absolute atomic E-state index is 0.709. The first-order chi connectivity index (χ1) is 9.65. The quantitative estimate of drug-likeness (QED) is 0.789. The van der Waals surface area contributed by atoms with Crippen LogP contribution >= 0.6 is 0 Å². The lowest BCUT2D eigenvalue weighted by Crippen LogP contribution is -2.13. The summed E-state index contributed by atoms with van der Waals surface area (Å²) in [6.45, 7) is 11.2. The average Bonchev–Trinajstić information content (AvgIpc) is 2.96. The molecule has 0 radical (unpaired) electrons. The molecular formula is C16H25N3O. The third-order valence-corrected chi connectivity index (χ3v) is 3.65. The van der Waals surface area contributed by atoms with Gasteiger partial charge < -0.3 is 9.73 Å². The Bertz CT molecular complexity index is 554. The lowest BCUT2D eigenvalue weighted by atomic mass is 10.1. The van der Waals surface area contributed by atoms with Crippen molar-refractivity contribution in [3.63, 3.8) is 0 Å². The van der Waals surface area contributed by atoms with E-state index in [2.05, 4.69) is 44.2 Å². The van der Waals surface area contributed by atoms with Gasteiger partial charge in [-0.05, 0) is 44.9 Å². The van der Waals surface area contributed by atoms with E-state index < -0.39 is 0 Å². The van der Waals surface area contributed by atoms with Gasteiger partial charge >= 0.3 is 0 Å². The first kappa shape index (κ1) is 14.9. The number of nitrogens with one attached hydrogen (secondary N) is 1. The van der Waals surface area contributed by atoms with Crippen LogP contribution in [0.2, 0.25) is 0 Å². The van der Waals surface area contributed by atoms with Gasteiger partial charge in [0.25, 0.3) is 0 Å². The Morgan fingerprint density at radius 1 is 1.30 bits per heavy atom. The van der Waals surface area contributed by atoms with E-state index in [0.717, 1.165) is 37.4 Å². The number of hydrogen-bond acceptors (Lipinski definition) is 3. The molecule has 4 heteroatoms. The van der Waals surface area contributed by atoms with Gasteiger partial charge in [0.05, 0.1) is 18.5 Å². The SMILES string of the molecule is CCCNCc1coc(Cn2nc(C)c(CC)c2C)c1. The summed E-state index contributed by atoms with van der Waals surface area (Å²) in [5.41, 5.74) is 4.92. The van der Waals surface area contributed by atoms with Crippen molar-refractivity contribution in [2.24, 2.45) is 0 Å². The van der Waals surface area contributed by atoms with Crippen LogP contribution in [0.15, 0.2) is 16.7 Å². The second-order valence-electron chi connectivity index (χ2n) is 5.26. The molecule has 0 aliphatic rings. The van der Waals surface area contributed by atoms with Crippen LogP contribution in [0.4, 0.5) is 0 Å². The van der Waals surface area contributed by atoms with E-state index in [0.29, 0.717) is 6.54 Å². The zero-order valence-corrected chi connectivity index (χ0v) is 13.0. The molecule has 2 aromatic rings. The monoisotopic (exact) mass is 275 g/mol. The number of aryl methyl sites for hydroxylation is 1. The largest absolute Gasteiger partial charge is 0.467 e. The van der Waals surface area contributed by atoms with Gasteiger partial charge in [-0.15, -0.1) is 0 Å². The van der Waals surface area contributed by atoms with Crippen LogP contribution in [0.5, 0.6) is 0 Å². The van der Waals surface area contributed by atoms with E-state index in [1.165, 1.54) is 16.8 Å². The molecule has 4 nitrogen and oxygen atoms in total. The Morgan fingerprint density at radius 2 is 2.10 bits per heavy atom. The molecule has 0 unspecified atom stereocenters. The van der Waals surface area contributed by atoms with E-state index in [1.54, 1.807) is 0 Å². The van der Waals surface area contributed by atoms with Gasteiger partial charge in [-0.25, -0.2) is 0 Å². The Labute approximate surface area is 121 Å². The van der Waals surface area contributed by atoms with Crippen molar-refractivity contribution >= 4 is 0 Å². The summed E-state index contributed by atoms with van der Waals surface area (Å²) in [4.78, 5) is 0. The predicted octanol–water partition coefficient (Wildman–Crippen LogP) is 3.20. The van der Waals surface area contributed by atoms with E-state index in [4.69, 9.17) is 4.42 Å². The Balaban J connectivity index is 2.03. The van der Waals surface area contributed by atoms with Crippen molar-refractivity contribution in [3.05, 3.63) is 40.6 Å². The summed E-state index contributed by atoms with van der Waals surface area (Å²) in [6.07, 6.45) is 4.02. The van der Waals surface area contributed by atoms with Gasteiger partial charge in [0.2, 0.25) is 0 Å². The van der Waals surface area contributed by atoms with E-state index in [1.807, 2.05) is 10.9 Å². The molecule has 0 aromatic carbocycles. The van der Waals surface area contributed by atoms with Crippen LogP contribution in [-0.2, 0) is 19.5 Å². The average molecular weight is 275 g/mol. The highest BCUT2D eigenvalue weighted by atomic mass is 16.3. The maximum Gasteiger partial charge on any atom is 0.125 e. The van der Waals surface area contributed by atoms with Gasteiger partial charge in [0.1, 0.15) is 5.76 Å². The smallest absolute Gasteiger partial charge is 0.125 e. The molecule has 110 valence electrons. The molecule has 0 amide bonds. The van der Waals surface area contributed by atoms with E-state index in [9.17, 15) is 0 Å². The van der Waals surface area contributed by atoms with Crippen molar-refractivity contribution in [3.8, 4) is 0 Å². The Morgan fingerprint density at radius 3 is 2.75 bits per heavy atom. The second-order valence-corrected chi connectivity index (χ2v) is 5.26. The minimum atomic E-state index is 0.709. The van der Waals surface area contributed by atoms with Gasteiger partial charge in [0, 0.05) is 17.8 Å². The molecule has 0 saturated carbocycles. The van der Waals surface area contributed by atoms with Crippen molar-refractivity contribution in [1.29, 1.82) is 0 Å². The molecule has 0 spiro atoms. The third kappa shape index (κ3) is 3.31. The molecule has 0 fully saturated rings. The van der Waals surface area contributed by atoms with E-state index in [-0.39, 0.29) is 0 Å². The molecule has 0 saturated heterocycles. The van der Waals surface area contributed by atoms with Crippen molar-refractivity contribution in [2.75, 3.05) is 6.54 Å². The fourth-order valence-electron chi connectivity index (χ4n) is 2.56. The van der Waals surface area contributed by atoms with Crippen LogP contribution < -0.4 is 5.32 Å². The number of rotatable bonds is 7. The number of nitrogens with zero attached hydrogens (tertiary/aromatic N) is 2. The first-order valence-corrected chi connectivity index (χ1v) is 7.45. The molecule has 0 aliphatic heterocycles. The molecule has 2 rings (SSSR count). The highest BCUT2D eigenvalue weighted by molar-refractivity contribution is 5.25. The molecule has 0 aliphatic carbocycles. The normalized spacial score (nSPS) is 11.2. The van der Waals surface area contributed by atoms with Gasteiger partial charge in [-0.1, -0.05) is 13.8 Å². The zero-order valence-electron chi connectivity index (χ0n) is 13.0. The van der Waals surface area contributed by atoms with Crippen LogP contribution in [0.25, 0.3) is 0 Å². The lowest BCUT2D eigenvalue weighted by Gasteiger charge is -2.02. The van der Waals surface area contributed by atoms with Crippen molar-refractivity contribution in [2.45, 2.75) is 53.6 Å². The molecule has 2 heterocycles. The third-order valence-electron chi connectivity index (χ3n) is 3.65. The van der Waals surface area contributed by atoms with Gasteiger partial charge in [-0.3, -0.25) is 4.68 Å². The number of hydrogen-bond donors (Lipinski definition) is 1. The summed E-state index contributed by atoms with van der Waals surface area (Å²) >= 11 is 0. The van der Waals surface area contributed by atoms with E-state index >= 15 is 0 Å². The van der Waals surface area contributed by atoms with Crippen LogP contribution in [0.3, 0.4) is 0 Å². The molecule has 0 atom stereocenters. The maximum atomic E-state index is 5.64. The lowest BCUT2D eigenvalue weighted by molar-refractivity contribution is 0.473. The summed E-state index contributed by atoms with van der Waals surface area (Å²) in [7, 11) is 0. The summed E-state index contributed by atoms with van der Waals surface area (Å²) in [6, 6.07) is 2.12. The fraction of sp³-hybridized carbons (Fsp3) is 0.562. The zero-order chi connectivity index (χ0) is 14.5.